The third-order valence-electron chi connectivity index (χ3n) is 6.06. The Morgan fingerprint density at radius 2 is 1.69 bits per heavy atom. The van der Waals surface area contributed by atoms with E-state index in [1.165, 1.54) is 14.7 Å². The summed E-state index contributed by atoms with van der Waals surface area (Å²) in [6.45, 7) is 1.56. The molecular formula is C29H32IN5. The average Bonchev–Trinajstić information content (AvgIpc) is 2.90. The molecule has 4 rings (SSSR count). The molecule has 0 saturated carbocycles. The molecule has 0 saturated heterocycles. The van der Waals surface area contributed by atoms with Crippen molar-refractivity contribution in [1.29, 1.82) is 0 Å². The normalized spacial score (nSPS) is 12.3. The molecule has 1 unspecified atom stereocenters. The molecule has 1 atom stereocenters. The van der Waals surface area contributed by atoms with Gasteiger partial charge in [0.15, 0.2) is 5.82 Å². The van der Waals surface area contributed by atoms with Crippen molar-refractivity contribution in [2.45, 2.75) is 25.3 Å². The lowest BCUT2D eigenvalue weighted by molar-refractivity contribution is 0.485. The van der Waals surface area contributed by atoms with Crippen LogP contribution in [-0.4, -0.2) is 36.1 Å². The number of nitrogens with two attached hydrogens (primary N) is 1. The Hall–Kier alpha value is -2.81. The maximum Gasteiger partial charge on any atom is 0.154 e. The number of rotatable bonds is 11. The molecule has 6 heteroatoms. The van der Waals surface area contributed by atoms with Gasteiger partial charge in [0.1, 0.15) is 5.82 Å². The van der Waals surface area contributed by atoms with Crippen molar-refractivity contribution in [2.24, 2.45) is 5.73 Å². The Balaban J connectivity index is 1.49. The Morgan fingerprint density at radius 3 is 2.43 bits per heavy atom. The summed E-state index contributed by atoms with van der Waals surface area (Å²) in [7, 11) is 2.00. The number of fused-ring (bicyclic) bond motifs is 1. The zero-order valence-corrected chi connectivity index (χ0v) is 22.2. The summed E-state index contributed by atoms with van der Waals surface area (Å²) >= 11 is 2.33. The summed E-state index contributed by atoms with van der Waals surface area (Å²) in [5.41, 5.74) is 10.2. The standard InChI is InChI=1S/C29H32IN5/c1-32-25(17-18-31)8-5-19-33-29-26-20-24(30)14-15-27(26)34-28(35-29)16-11-21-9-12-23(13-10-21)22-6-3-2-4-7-22/h2-4,6-7,9-16,20,25,32H,5,8,17-19,31H2,1H3,(H,33,34,35)/b16-11+. The molecule has 1 heterocycles. The van der Waals surface area contributed by atoms with E-state index in [4.69, 9.17) is 15.7 Å². The zero-order valence-electron chi connectivity index (χ0n) is 20.0. The topological polar surface area (TPSA) is 75.9 Å². The molecule has 0 aliphatic heterocycles. The van der Waals surface area contributed by atoms with Gasteiger partial charge in [-0.05, 0) is 96.4 Å². The van der Waals surface area contributed by atoms with Crippen molar-refractivity contribution < 1.29 is 0 Å². The smallest absolute Gasteiger partial charge is 0.154 e. The van der Waals surface area contributed by atoms with Gasteiger partial charge in [-0.3, -0.25) is 0 Å². The van der Waals surface area contributed by atoms with Gasteiger partial charge in [0.25, 0.3) is 0 Å². The second-order valence-electron chi connectivity index (χ2n) is 8.55. The highest BCUT2D eigenvalue weighted by Crippen LogP contribution is 2.24. The second-order valence-corrected chi connectivity index (χ2v) is 9.79. The maximum absolute atomic E-state index is 5.72. The first kappa shape index (κ1) is 25.3. The molecule has 4 N–H and O–H groups in total. The predicted octanol–water partition coefficient (Wildman–Crippen LogP) is 6.20. The quantitative estimate of drug-likeness (QED) is 0.146. The SMILES string of the molecule is CNC(CCN)CCCNc1nc(/C=C/c2ccc(-c3ccccc3)cc2)nc2ccc(I)cc12. The van der Waals surface area contributed by atoms with E-state index in [0.717, 1.165) is 48.1 Å². The van der Waals surface area contributed by atoms with Crippen LogP contribution >= 0.6 is 22.6 Å². The Labute approximate surface area is 221 Å². The van der Waals surface area contributed by atoms with Gasteiger partial charge in [0.05, 0.1) is 5.52 Å². The van der Waals surface area contributed by atoms with Crippen molar-refractivity contribution >= 4 is 51.5 Å². The highest BCUT2D eigenvalue weighted by molar-refractivity contribution is 14.1. The van der Waals surface area contributed by atoms with Crippen LogP contribution in [0.1, 0.15) is 30.7 Å². The van der Waals surface area contributed by atoms with E-state index in [1.54, 1.807) is 0 Å². The fraction of sp³-hybridized carbons (Fsp3) is 0.241. The highest BCUT2D eigenvalue weighted by Gasteiger charge is 2.09. The number of nitrogens with one attached hydrogen (secondary N) is 2. The van der Waals surface area contributed by atoms with Crippen molar-refractivity contribution in [1.82, 2.24) is 15.3 Å². The summed E-state index contributed by atoms with van der Waals surface area (Å²) < 4.78 is 1.17. The van der Waals surface area contributed by atoms with Crippen LogP contribution in [0.25, 0.3) is 34.2 Å². The summed E-state index contributed by atoms with van der Waals surface area (Å²) in [6, 6.07) is 25.7. The summed E-state index contributed by atoms with van der Waals surface area (Å²) in [6.07, 6.45) is 7.16. The lowest BCUT2D eigenvalue weighted by Crippen LogP contribution is -2.28. The number of benzene rings is 3. The van der Waals surface area contributed by atoms with Crippen molar-refractivity contribution in [2.75, 3.05) is 25.5 Å². The lowest BCUT2D eigenvalue weighted by atomic mass is 10.0. The fourth-order valence-electron chi connectivity index (χ4n) is 4.11. The van der Waals surface area contributed by atoms with Crippen LogP contribution in [0.2, 0.25) is 0 Å². The summed E-state index contributed by atoms with van der Waals surface area (Å²) in [5, 5.41) is 7.95. The molecular weight excluding hydrogens is 545 g/mol. The van der Waals surface area contributed by atoms with Crippen molar-refractivity contribution in [3.05, 3.63) is 87.8 Å². The van der Waals surface area contributed by atoms with Gasteiger partial charge < -0.3 is 16.4 Å². The third kappa shape index (κ3) is 7.10. The molecule has 180 valence electrons. The molecule has 1 aromatic heterocycles. The Bertz CT molecular complexity index is 1260. The van der Waals surface area contributed by atoms with Crippen LogP contribution in [0.3, 0.4) is 0 Å². The minimum Gasteiger partial charge on any atom is -0.369 e. The van der Waals surface area contributed by atoms with Gasteiger partial charge in [-0.25, -0.2) is 9.97 Å². The number of halogens is 1. The Morgan fingerprint density at radius 1 is 0.914 bits per heavy atom. The lowest BCUT2D eigenvalue weighted by Gasteiger charge is -2.15. The third-order valence-corrected chi connectivity index (χ3v) is 6.73. The van der Waals surface area contributed by atoms with E-state index in [2.05, 4.69) is 106 Å². The van der Waals surface area contributed by atoms with Crippen LogP contribution in [0, 0.1) is 3.57 Å². The monoisotopic (exact) mass is 577 g/mol. The maximum atomic E-state index is 5.72. The largest absolute Gasteiger partial charge is 0.369 e. The number of aromatic nitrogens is 2. The first-order chi connectivity index (χ1) is 17.2. The van der Waals surface area contributed by atoms with E-state index in [9.17, 15) is 0 Å². The van der Waals surface area contributed by atoms with E-state index >= 15 is 0 Å². The molecule has 0 spiro atoms. The van der Waals surface area contributed by atoms with Crippen LogP contribution in [0.15, 0.2) is 72.8 Å². The number of nitrogens with zero attached hydrogens (tertiary/aromatic N) is 2. The minimum absolute atomic E-state index is 0.455. The summed E-state index contributed by atoms with van der Waals surface area (Å²) in [4.78, 5) is 9.63. The van der Waals surface area contributed by atoms with Crippen molar-refractivity contribution in [3.8, 4) is 11.1 Å². The van der Waals surface area contributed by atoms with Gasteiger partial charge in [-0.15, -0.1) is 0 Å². The van der Waals surface area contributed by atoms with Gasteiger partial charge in [0.2, 0.25) is 0 Å². The van der Waals surface area contributed by atoms with E-state index in [1.807, 2.05) is 19.2 Å². The predicted molar refractivity (Wildman–Crippen MR) is 157 cm³/mol. The van der Waals surface area contributed by atoms with Gasteiger partial charge in [0, 0.05) is 21.5 Å². The first-order valence-electron chi connectivity index (χ1n) is 12.1. The molecule has 0 bridgehead atoms. The molecule has 0 fully saturated rings. The van der Waals surface area contributed by atoms with Crippen LogP contribution in [0.5, 0.6) is 0 Å². The molecule has 0 radical (unpaired) electrons. The van der Waals surface area contributed by atoms with E-state index in [-0.39, 0.29) is 0 Å². The van der Waals surface area contributed by atoms with Gasteiger partial charge in [-0.2, -0.15) is 0 Å². The molecule has 0 amide bonds. The second kappa shape index (κ2) is 12.8. The zero-order chi connectivity index (χ0) is 24.5. The van der Waals surface area contributed by atoms with Gasteiger partial charge in [-0.1, -0.05) is 60.7 Å². The van der Waals surface area contributed by atoms with Crippen LogP contribution in [0.4, 0.5) is 5.82 Å². The molecule has 4 aromatic rings. The van der Waals surface area contributed by atoms with Crippen LogP contribution in [-0.2, 0) is 0 Å². The number of hydrogen-bond donors (Lipinski definition) is 3. The number of anilines is 1. The highest BCUT2D eigenvalue weighted by atomic mass is 127. The van der Waals surface area contributed by atoms with E-state index in [0.29, 0.717) is 18.4 Å². The average molecular weight is 578 g/mol. The first-order valence-corrected chi connectivity index (χ1v) is 13.2. The summed E-state index contributed by atoms with van der Waals surface area (Å²) in [5.74, 6) is 1.58. The molecule has 5 nitrogen and oxygen atoms in total. The molecule has 0 aliphatic carbocycles. The van der Waals surface area contributed by atoms with Crippen LogP contribution < -0.4 is 16.4 Å². The number of hydrogen-bond acceptors (Lipinski definition) is 5. The van der Waals surface area contributed by atoms with Crippen molar-refractivity contribution in [3.63, 3.8) is 0 Å². The molecule has 3 aromatic carbocycles. The minimum atomic E-state index is 0.455. The molecule has 35 heavy (non-hydrogen) atoms. The molecule has 0 aliphatic rings. The fourth-order valence-corrected chi connectivity index (χ4v) is 4.60. The Kier molecular flexibility index (Phi) is 9.22. The van der Waals surface area contributed by atoms with Gasteiger partial charge >= 0.3 is 0 Å². The van der Waals surface area contributed by atoms with E-state index < -0.39 is 0 Å².